The van der Waals surface area contributed by atoms with Gasteiger partial charge in [-0.05, 0) is 51.8 Å². The van der Waals surface area contributed by atoms with Crippen molar-refractivity contribution < 1.29 is 27.4 Å². The highest BCUT2D eigenvalue weighted by molar-refractivity contribution is 7.90. The highest BCUT2D eigenvalue weighted by atomic mass is 32.2. The number of hydrogen-bond donors (Lipinski definition) is 2. The van der Waals surface area contributed by atoms with Gasteiger partial charge in [-0.2, -0.15) is 0 Å². The third kappa shape index (κ3) is 6.90. The molecule has 5 heterocycles. The van der Waals surface area contributed by atoms with Crippen molar-refractivity contribution in [1.82, 2.24) is 15.0 Å². The van der Waals surface area contributed by atoms with Crippen molar-refractivity contribution in [1.29, 1.82) is 0 Å². The molecule has 0 aliphatic carbocycles. The molecule has 1 atom stereocenters. The molecule has 0 aromatic carbocycles. The van der Waals surface area contributed by atoms with Gasteiger partial charge in [-0.15, -0.1) is 0 Å². The Hall–Kier alpha value is -3.97. The Bertz CT molecular complexity index is 1590. The van der Waals surface area contributed by atoms with Crippen LogP contribution in [0.5, 0.6) is 11.6 Å². The molecule has 0 saturated carbocycles. The molecule has 1 fully saturated rings. The number of fused-ring (bicyclic) bond motifs is 1. The summed E-state index contributed by atoms with van der Waals surface area (Å²) in [5, 5.41) is 5.90. The van der Waals surface area contributed by atoms with Gasteiger partial charge in [0, 0.05) is 62.5 Å². The molecule has 3 aromatic heterocycles. The Morgan fingerprint density at radius 2 is 2.00 bits per heavy atom. The molecule has 42 heavy (non-hydrogen) atoms. The summed E-state index contributed by atoms with van der Waals surface area (Å²) < 4.78 is 43.0. The minimum absolute atomic E-state index is 0.0567. The summed E-state index contributed by atoms with van der Waals surface area (Å²) >= 11 is 0. The lowest BCUT2D eigenvalue weighted by atomic mass is 10.1. The fraction of sp³-hybridized carbons (Fsp3) is 0.448. The molecule has 0 unspecified atom stereocenters. The average Bonchev–Trinajstić information content (AvgIpc) is 2.92. The number of carbonyl (C=O) groups is 1. The first kappa shape index (κ1) is 29.5. The van der Waals surface area contributed by atoms with Gasteiger partial charge in [-0.3, -0.25) is 4.79 Å². The fourth-order valence-electron chi connectivity index (χ4n) is 4.95. The van der Waals surface area contributed by atoms with Gasteiger partial charge in [0.2, 0.25) is 5.91 Å². The number of carbonyl (C=O) groups excluding carboxylic acids is 1. The molecule has 12 nitrogen and oxygen atoms in total. The highest BCUT2D eigenvalue weighted by Gasteiger charge is 2.29. The number of piperidine rings is 1. The second kappa shape index (κ2) is 11.7. The minimum atomic E-state index is -3.63. The van der Waals surface area contributed by atoms with E-state index in [2.05, 4.69) is 30.5 Å². The van der Waals surface area contributed by atoms with Crippen molar-refractivity contribution in [3.8, 4) is 22.9 Å². The van der Waals surface area contributed by atoms with Gasteiger partial charge in [0.05, 0.1) is 17.5 Å². The standard InChI is InChI=1S/C29H36N6O6S/c1-6-39-20-8-7-11-35(16-20)19-12-26(34-27(13-19)42(5,37)38)32-23-14-25(31-18(2)36)30-15-21(23)22-9-10-24-28(33-22)40-17-29(3,4)41-24/h9-10,12-15,20H,6-8,11,16-17H2,1-5H3,(H2,30,31,32,34,36)/t20-/m1/s1. The normalized spacial score (nSPS) is 17.9. The van der Waals surface area contributed by atoms with Crippen molar-refractivity contribution in [3.05, 3.63) is 36.5 Å². The van der Waals surface area contributed by atoms with Crippen molar-refractivity contribution in [2.24, 2.45) is 0 Å². The van der Waals surface area contributed by atoms with Crippen LogP contribution < -0.4 is 25.0 Å². The Balaban J connectivity index is 1.55. The molecule has 5 rings (SSSR count). The number of nitrogens with one attached hydrogen (secondary N) is 2. The third-order valence-corrected chi connectivity index (χ3v) is 7.80. The number of hydrogen-bond acceptors (Lipinski definition) is 11. The monoisotopic (exact) mass is 596 g/mol. The van der Waals surface area contributed by atoms with E-state index in [4.69, 9.17) is 14.2 Å². The first-order chi connectivity index (χ1) is 19.9. The maximum Gasteiger partial charge on any atom is 0.257 e. The van der Waals surface area contributed by atoms with Crippen LogP contribution in [0, 0.1) is 0 Å². The predicted octanol–water partition coefficient (Wildman–Crippen LogP) is 4.20. The lowest BCUT2D eigenvalue weighted by Gasteiger charge is -2.34. The number of rotatable bonds is 8. The van der Waals surface area contributed by atoms with E-state index in [9.17, 15) is 13.2 Å². The zero-order valence-corrected chi connectivity index (χ0v) is 25.2. The van der Waals surface area contributed by atoms with Gasteiger partial charge in [-0.1, -0.05) is 0 Å². The van der Waals surface area contributed by atoms with Gasteiger partial charge in [0.15, 0.2) is 20.6 Å². The maximum atomic E-state index is 12.7. The van der Waals surface area contributed by atoms with Gasteiger partial charge in [0.25, 0.3) is 5.88 Å². The fourth-order valence-corrected chi connectivity index (χ4v) is 5.55. The van der Waals surface area contributed by atoms with E-state index in [0.717, 1.165) is 31.3 Å². The van der Waals surface area contributed by atoms with E-state index >= 15 is 0 Å². The molecule has 2 N–H and O–H groups in total. The van der Waals surface area contributed by atoms with Crippen LogP contribution >= 0.6 is 0 Å². The average molecular weight is 597 g/mol. The molecule has 1 amide bonds. The third-order valence-electron chi connectivity index (χ3n) is 6.83. The first-order valence-corrected chi connectivity index (χ1v) is 15.8. The van der Waals surface area contributed by atoms with Crippen molar-refractivity contribution in [2.45, 2.75) is 57.3 Å². The van der Waals surface area contributed by atoms with Crippen LogP contribution in [-0.4, -0.2) is 73.5 Å². The quantitative estimate of drug-likeness (QED) is 0.386. The smallest absolute Gasteiger partial charge is 0.257 e. The molecule has 224 valence electrons. The SMILES string of the molecule is CCO[C@@H]1CCCN(c2cc(Nc3cc(NC(C)=O)ncc3-c3ccc4c(n3)OCC(C)(C)O4)nc(S(C)(=O)=O)c2)C1. The van der Waals surface area contributed by atoms with Crippen LogP contribution in [-0.2, 0) is 19.4 Å². The van der Waals surface area contributed by atoms with Crippen LogP contribution in [0.1, 0.15) is 40.5 Å². The number of aromatic nitrogens is 3. The molecule has 13 heteroatoms. The summed E-state index contributed by atoms with van der Waals surface area (Å²) in [6.07, 6.45) is 4.65. The Morgan fingerprint density at radius 1 is 1.19 bits per heavy atom. The molecule has 0 bridgehead atoms. The summed E-state index contributed by atoms with van der Waals surface area (Å²) in [5.41, 5.74) is 1.87. The van der Waals surface area contributed by atoms with Gasteiger partial charge in [-0.25, -0.2) is 23.4 Å². The summed E-state index contributed by atoms with van der Waals surface area (Å²) in [6.45, 7) is 9.59. The molecule has 0 radical (unpaired) electrons. The number of sulfone groups is 1. The summed E-state index contributed by atoms with van der Waals surface area (Å²) in [6, 6.07) is 8.63. The van der Waals surface area contributed by atoms with E-state index in [1.807, 2.05) is 26.8 Å². The number of anilines is 4. The molecule has 2 aliphatic heterocycles. The molecule has 1 saturated heterocycles. The first-order valence-electron chi connectivity index (χ1n) is 13.9. The van der Waals surface area contributed by atoms with Crippen LogP contribution in [0.2, 0.25) is 0 Å². The van der Waals surface area contributed by atoms with E-state index in [1.54, 1.807) is 30.5 Å². The summed E-state index contributed by atoms with van der Waals surface area (Å²) in [5.74, 6) is 1.23. The zero-order valence-electron chi connectivity index (χ0n) is 24.4. The predicted molar refractivity (Wildman–Crippen MR) is 159 cm³/mol. The topological polar surface area (TPSA) is 145 Å². The number of pyridine rings is 3. The van der Waals surface area contributed by atoms with Crippen LogP contribution in [0.3, 0.4) is 0 Å². The van der Waals surface area contributed by atoms with Crippen LogP contribution in [0.15, 0.2) is 41.6 Å². The van der Waals surface area contributed by atoms with Gasteiger partial charge < -0.3 is 29.7 Å². The molecular weight excluding hydrogens is 560 g/mol. The zero-order chi connectivity index (χ0) is 30.1. The van der Waals surface area contributed by atoms with Gasteiger partial charge in [0.1, 0.15) is 23.8 Å². The van der Waals surface area contributed by atoms with E-state index in [0.29, 0.717) is 60.0 Å². The lowest BCUT2D eigenvalue weighted by Crippen LogP contribution is -2.39. The summed E-state index contributed by atoms with van der Waals surface area (Å²) in [7, 11) is -3.63. The Morgan fingerprint density at radius 3 is 2.74 bits per heavy atom. The number of ether oxygens (including phenoxy) is 3. The largest absolute Gasteiger partial charge is 0.479 e. The molecular formula is C29H36N6O6S. The second-order valence-corrected chi connectivity index (χ2v) is 13.0. The number of amides is 1. The van der Waals surface area contributed by atoms with E-state index in [1.165, 1.54) is 6.92 Å². The molecule has 0 spiro atoms. The van der Waals surface area contributed by atoms with E-state index < -0.39 is 15.4 Å². The Kier molecular flexibility index (Phi) is 8.24. The Labute approximate surface area is 245 Å². The summed E-state index contributed by atoms with van der Waals surface area (Å²) in [4.78, 5) is 27.4. The lowest BCUT2D eigenvalue weighted by molar-refractivity contribution is -0.114. The second-order valence-electron chi connectivity index (χ2n) is 11.1. The minimum Gasteiger partial charge on any atom is -0.479 e. The molecule has 2 aliphatic rings. The van der Waals surface area contributed by atoms with Crippen molar-refractivity contribution in [3.63, 3.8) is 0 Å². The maximum absolute atomic E-state index is 12.7. The van der Waals surface area contributed by atoms with Crippen molar-refractivity contribution >= 4 is 38.8 Å². The molecule has 3 aromatic rings. The van der Waals surface area contributed by atoms with Crippen molar-refractivity contribution in [2.75, 3.05) is 48.1 Å². The van der Waals surface area contributed by atoms with Crippen LogP contribution in [0.4, 0.5) is 23.0 Å². The van der Waals surface area contributed by atoms with Crippen LogP contribution in [0.25, 0.3) is 11.3 Å². The number of nitrogens with zero attached hydrogens (tertiary/aromatic N) is 4. The highest BCUT2D eigenvalue weighted by Crippen LogP contribution is 2.38. The van der Waals surface area contributed by atoms with E-state index in [-0.39, 0.29) is 17.0 Å². The van der Waals surface area contributed by atoms with Gasteiger partial charge >= 0.3 is 0 Å².